The number of hydrogen-bond donors (Lipinski definition) is 0. The predicted octanol–water partition coefficient (Wildman–Crippen LogP) is 12.4. The Kier molecular flexibility index (Phi) is 5.05. The summed E-state index contributed by atoms with van der Waals surface area (Å²) in [5.41, 5.74) is 10.5. The Labute approximate surface area is 273 Å². The topological polar surface area (TPSA) is 55.6 Å². The summed E-state index contributed by atoms with van der Waals surface area (Å²) in [5, 5.41) is 6.61. The van der Waals surface area contributed by atoms with Gasteiger partial charge in [-0.05, 0) is 78.2 Å². The van der Waals surface area contributed by atoms with E-state index in [2.05, 4.69) is 95.9 Å². The van der Waals surface area contributed by atoms with Gasteiger partial charge in [-0.2, -0.15) is 0 Å². The van der Waals surface area contributed by atoms with E-state index in [-0.39, 0.29) is 0 Å². The first-order valence-electron chi connectivity index (χ1n) is 16.0. The van der Waals surface area contributed by atoms with E-state index >= 15 is 0 Å². The van der Waals surface area contributed by atoms with Crippen LogP contribution in [0.4, 0.5) is 17.1 Å². The summed E-state index contributed by atoms with van der Waals surface area (Å²) >= 11 is 0. The van der Waals surface area contributed by atoms with Gasteiger partial charge in [0.1, 0.15) is 28.0 Å². The first kappa shape index (κ1) is 25.6. The Morgan fingerprint density at radius 2 is 1.06 bits per heavy atom. The first-order chi connectivity index (χ1) is 23.8. The van der Waals surface area contributed by atoms with E-state index in [1.54, 1.807) is 0 Å². The van der Waals surface area contributed by atoms with Crippen molar-refractivity contribution in [2.75, 3.05) is 4.90 Å². The summed E-state index contributed by atoms with van der Waals surface area (Å²) in [5.74, 6) is 1.44. The van der Waals surface area contributed by atoms with Crippen LogP contribution < -0.4 is 4.90 Å². The molecule has 48 heavy (non-hydrogen) atoms. The highest BCUT2D eigenvalue weighted by atomic mass is 16.4. The number of anilines is 3. The number of furan rings is 2. The molecule has 5 heteroatoms. The van der Waals surface area contributed by atoms with Crippen molar-refractivity contribution in [3.63, 3.8) is 0 Å². The van der Waals surface area contributed by atoms with Gasteiger partial charge in [0.15, 0.2) is 5.76 Å². The molecule has 10 aromatic rings. The van der Waals surface area contributed by atoms with E-state index in [1.807, 2.05) is 54.6 Å². The Morgan fingerprint density at radius 3 is 1.75 bits per heavy atom. The number of benzene rings is 7. The van der Waals surface area contributed by atoms with Crippen molar-refractivity contribution >= 4 is 71.7 Å². The van der Waals surface area contributed by atoms with Gasteiger partial charge in [0.2, 0.25) is 5.89 Å². The molecular weight excluding hydrogens is 592 g/mol. The van der Waals surface area contributed by atoms with Crippen LogP contribution in [0.3, 0.4) is 0 Å². The van der Waals surface area contributed by atoms with Crippen LogP contribution in [0, 0.1) is 0 Å². The lowest BCUT2D eigenvalue weighted by molar-refractivity contribution is 0.590. The van der Waals surface area contributed by atoms with E-state index in [0.29, 0.717) is 5.89 Å². The van der Waals surface area contributed by atoms with Gasteiger partial charge in [-0.25, -0.2) is 4.98 Å². The maximum absolute atomic E-state index is 6.47. The smallest absolute Gasteiger partial charge is 0.227 e. The molecule has 0 unspecified atom stereocenters. The Balaban J connectivity index is 1.17. The maximum atomic E-state index is 6.47. The molecule has 0 saturated carbocycles. The molecule has 1 aliphatic carbocycles. The number of oxazole rings is 1. The highest BCUT2D eigenvalue weighted by Crippen LogP contribution is 2.51. The maximum Gasteiger partial charge on any atom is 0.227 e. The average Bonchev–Trinajstić information content (AvgIpc) is 3.90. The zero-order valence-electron chi connectivity index (χ0n) is 25.5. The standard InChI is InChI=1S/C43H24N2O3/c1-2-9-25(10-3-1)43-44-41-35-24-29(21-26-11-8-14-32(40(26)35)42(41)48-43)45(27-17-19-38-33(22-27)30-12-4-6-15-36(30)46-38)28-18-20-39-34(23-28)31-13-5-7-16-37(31)47-39/h1-24H. The number of rotatable bonds is 4. The summed E-state index contributed by atoms with van der Waals surface area (Å²) in [7, 11) is 0. The van der Waals surface area contributed by atoms with Crippen molar-refractivity contribution in [1.82, 2.24) is 4.98 Å². The number of nitrogens with zero attached hydrogens (tertiary/aromatic N) is 2. The summed E-state index contributed by atoms with van der Waals surface area (Å²) in [6.45, 7) is 0. The normalized spacial score (nSPS) is 12.2. The minimum Gasteiger partial charge on any atom is -0.456 e. The number of aromatic nitrogens is 1. The minimum absolute atomic E-state index is 0.625. The molecule has 0 atom stereocenters. The quantitative estimate of drug-likeness (QED) is 0.197. The molecule has 0 aliphatic heterocycles. The van der Waals surface area contributed by atoms with Crippen LogP contribution >= 0.6 is 0 Å². The van der Waals surface area contributed by atoms with E-state index in [4.69, 9.17) is 18.2 Å². The van der Waals surface area contributed by atoms with E-state index < -0.39 is 0 Å². The van der Waals surface area contributed by atoms with Gasteiger partial charge < -0.3 is 18.2 Å². The number of hydrogen-bond acceptors (Lipinski definition) is 5. The van der Waals surface area contributed by atoms with Gasteiger partial charge in [-0.1, -0.05) is 72.8 Å². The van der Waals surface area contributed by atoms with Gasteiger partial charge >= 0.3 is 0 Å². The third-order valence-electron chi connectivity index (χ3n) is 9.60. The molecule has 0 spiro atoms. The predicted molar refractivity (Wildman–Crippen MR) is 193 cm³/mol. The molecule has 0 radical (unpaired) electrons. The van der Waals surface area contributed by atoms with Crippen LogP contribution in [0.5, 0.6) is 0 Å². The first-order valence-corrected chi connectivity index (χ1v) is 16.0. The molecular formula is C43H24N2O3. The van der Waals surface area contributed by atoms with Gasteiger partial charge in [0, 0.05) is 60.7 Å². The average molecular weight is 617 g/mol. The summed E-state index contributed by atoms with van der Waals surface area (Å²) < 4.78 is 18.9. The van der Waals surface area contributed by atoms with Crippen LogP contribution in [-0.2, 0) is 0 Å². The van der Waals surface area contributed by atoms with E-state index in [0.717, 1.165) is 99.9 Å². The molecule has 0 fully saturated rings. The molecule has 1 aliphatic rings. The highest BCUT2D eigenvalue weighted by Gasteiger charge is 2.30. The van der Waals surface area contributed by atoms with E-state index in [9.17, 15) is 0 Å². The molecule has 11 rings (SSSR count). The fourth-order valence-electron chi connectivity index (χ4n) is 7.46. The van der Waals surface area contributed by atoms with Crippen molar-refractivity contribution in [3.05, 3.63) is 146 Å². The third-order valence-corrected chi connectivity index (χ3v) is 9.60. The lowest BCUT2D eigenvalue weighted by Gasteiger charge is -2.26. The molecule has 0 bridgehead atoms. The summed E-state index contributed by atoms with van der Waals surface area (Å²) in [6.07, 6.45) is 0. The van der Waals surface area contributed by atoms with Crippen molar-refractivity contribution in [1.29, 1.82) is 0 Å². The summed E-state index contributed by atoms with van der Waals surface area (Å²) in [4.78, 5) is 7.39. The van der Waals surface area contributed by atoms with Crippen LogP contribution in [0.1, 0.15) is 0 Å². The second-order valence-electron chi connectivity index (χ2n) is 12.4. The fraction of sp³-hybridized carbons (Fsp3) is 0. The largest absolute Gasteiger partial charge is 0.456 e. The SMILES string of the molecule is c1ccc(-c2nc3c(o2)-c2cccc4cc(N(c5ccc6oc7ccccc7c6c5)c5ccc6oc7ccccc7c6c5)cc-3c24)cc1. The lowest BCUT2D eigenvalue weighted by Crippen LogP contribution is -2.10. The van der Waals surface area contributed by atoms with Crippen LogP contribution in [-0.4, -0.2) is 4.98 Å². The Bertz CT molecular complexity index is 2800. The molecule has 0 saturated heterocycles. The monoisotopic (exact) mass is 616 g/mol. The van der Waals surface area contributed by atoms with Crippen molar-refractivity contribution in [2.45, 2.75) is 0 Å². The zero-order valence-corrected chi connectivity index (χ0v) is 25.5. The fourth-order valence-corrected chi connectivity index (χ4v) is 7.46. The second-order valence-corrected chi connectivity index (χ2v) is 12.4. The van der Waals surface area contributed by atoms with Crippen molar-refractivity contribution < 1.29 is 13.3 Å². The van der Waals surface area contributed by atoms with Gasteiger partial charge in [0.25, 0.3) is 0 Å². The van der Waals surface area contributed by atoms with Gasteiger partial charge in [-0.3, -0.25) is 0 Å². The van der Waals surface area contributed by atoms with Crippen molar-refractivity contribution in [2.24, 2.45) is 0 Å². The van der Waals surface area contributed by atoms with Crippen LogP contribution in [0.2, 0.25) is 0 Å². The lowest BCUT2D eigenvalue weighted by atomic mass is 10.0. The Hall–Kier alpha value is -6.59. The zero-order chi connectivity index (χ0) is 31.3. The van der Waals surface area contributed by atoms with Gasteiger partial charge in [0.05, 0.1) is 0 Å². The van der Waals surface area contributed by atoms with E-state index in [1.165, 1.54) is 0 Å². The molecule has 3 aromatic heterocycles. The second kappa shape index (κ2) is 9.47. The van der Waals surface area contributed by atoms with Crippen LogP contribution in [0.25, 0.3) is 88.7 Å². The van der Waals surface area contributed by atoms with Crippen molar-refractivity contribution in [3.8, 4) is 34.0 Å². The number of para-hydroxylation sites is 2. The highest BCUT2D eigenvalue weighted by molar-refractivity contribution is 6.15. The third kappa shape index (κ3) is 3.58. The Morgan fingerprint density at radius 1 is 0.438 bits per heavy atom. The molecule has 7 aromatic carbocycles. The molecule has 0 amide bonds. The molecule has 5 nitrogen and oxygen atoms in total. The molecule has 224 valence electrons. The number of fused-ring (bicyclic) bond motifs is 9. The summed E-state index contributed by atoms with van der Waals surface area (Å²) in [6, 6.07) is 50.3. The van der Waals surface area contributed by atoms with Crippen LogP contribution in [0.15, 0.2) is 159 Å². The molecule has 0 N–H and O–H groups in total. The molecule has 3 heterocycles. The minimum atomic E-state index is 0.625. The van der Waals surface area contributed by atoms with Gasteiger partial charge in [-0.15, -0.1) is 0 Å².